The lowest BCUT2D eigenvalue weighted by Crippen LogP contribution is -2.30. The minimum atomic E-state index is -3.18. The second-order valence-electron chi connectivity index (χ2n) is 7.85. The third kappa shape index (κ3) is 3.38. The van der Waals surface area contributed by atoms with Gasteiger partial charge in [-0.3, -0.25) is 0 Å². The normalized spacial score (nSPS) is 17.9. The summed E-state index contributed by atoms with van der Waals surface area (Å²) in [5.41, 5.74) is 4.83. The second kappa shape index (κ2) is 6.67. The SMILES string of the molecule is CC(=Cc1ccc2c(c1)C(C)(C)CCS2(=O)=O)c1ccc(-c2nn[nH]n2)cc1. The molecule has 3 aromatic rings. The molecule has 1 aliphatic rings. The number of hydrogen-bond donors (Lipinski definition) is 1. The van der Waals surface area contributed by atoms with E-state index >= 15 is 0 Å². The van der Waals surface area contributed by atoms with Crippen molar-refractivity contribution >= 4 is 21.5 Å². The van der Waals surface area contributed by atoms with Crippen molar-refractivity contribution in [3.05, 3.63) is 59.2 Å². The van der Waals surface area contributed by atoms with Gasteiger partial charge in [0.1, 0.15) is 0 Å². The van der Waals surface area contributed by atoms with E-state index in [1.165, 1.54) is 0 Å². The summed E-state index contributed by atoms with van der Waals surface area (Å²) in [5, 5.41) is 14.0. The maximum atomic E-state index is 12.4. The van der Waals surface area contributed by atoms with Crippen LogP contribution in [-0.4, -0.2) is 34.8 Å². The minimum Gasteiger partial charge on any atom is -0.224 e. The Morgan fingerprint density at radius 1 is 1.14 bits per heavy atom. The number of rotatable bonds is 3. The summed E-state index contributed by atoms with van der Waals surface area (Å²) >= 11 is 0. The largest absolute Gasteiger partial charge is 0.224 e. The van der Waals surface area contributed by atoms with Crippen molar-refractivity contribution in [2.45, 2.75) is 37.5 Å². The average molecular weight is 394 g/mol. The number of hydrogen-bond acceptors (Lipinski definition) is 5. The van der Waals surface area contributed by atoms with Gasteiger partial charge in [-0.25, -0.2) is 8.42 Å². The molecule has 2 heterocycles. The van der Waals surface area contributed by atoms with Gasteiger partial charge in [0.2, 0.25) is 5.82 Å². The molecular formula is C21H22N4O2S. The summed E-state index contributed by atoms with van der Waals surface area (Å²) < 4.78 is 24.8. The summed E-state index contributed by atoms with van der Waals surface area (Å²) in [6.07, 6.45) is 2.73. The fourth-order valence-electron chi connectivity index (χ4n) is 3.57. The van der Waals surface area contributed by atoms with Crippen molar-refractivity contribution in [1.29, 1.82) is 0 Å². The van der Waals surface area contributed by atoms with Crippen LogP contribution >= 0.6 is 0 Å². The summed E-state index contributed by atoms with van der Waals surface area (Å²) in [7, 11) is -3.18. The Bertz CT molecular complexity index is 1150. The average Bonchev–Trinajstić information content (AvgIpc) is 3.20. The van der Waals surface area contributed by atoms with Crippen LogP contribution in [0.2, 0.25) is 0 Å². The van der Waals surface area contributed by atoms with Gasteiger partial charge >= 0.3 is 0 Å². The maximum Gasteiger partial charge on any atom is 0.204 e. The molecule has 0 bridgehead atoms. The number of H-pyrrole nitrogens is 1. The van der Waals surface area contributed by atoms with Crippen LogP contribution in [0, 0.1) is 0 Å². The topological polar surface area (TPSA) is 88.6 Å². The molecule has 4 rings (SSSR count). The van der Waals surface area contributed by atoms with E-state index < -0.39 is 9.84 Å². The third-order valence-corrected chi connectivity index (χ3v) is 7.16. The van der Waals surface area contributed by atoms with Gasteiger partial charge in [-0.2, -0.15) is 5.21 Å². The van der Waals surface area contributed by atoms with Crippen molar-refractivity contribution in [2.75, 3.05) is 5.75 Å². The molecule has 0 saturated carbocycles. The molecule has 6 nitrogen and oxygen atoms in total. The number of allylic oxidation sites excluding steroid dienone is 1. The molecule has 0 spiro atoms. The number of benzene rings is 2. The van der Waals surface area contributed by atoms with Crippen molar-refractivity contribution in [2.24, 2.45) is 0 Å². The Morgan fingerprint density at radius 2 is 1.89 bits per heavy atom. The van der Waals surface area contributed by atoms with Crippen LogP contribution in [-0.2, 0) is 15.3 Å². The van der Waals surface area contributed by atoms with Crippen LogP contribution in [0.4, 0.5) is 0 Å². The van der Waals surface area contributed by atoms with Crippen molar-refractivity contribution in [3.63, 3.8) is 0 Å². The number of nitrogens with one attached hydrogen (secondary N) is 1. The highest BCUT2D eigenvalue weighted by atomic mass is 32.2. The van der Waals surface area contributed by atoms with Crippen LogP contribution in [0.25, 0.3) is 23.0 Å². The van der Waals surface area contributed by atoms with Crippen molar-refractivity contribution in [1.82, 2.24) is 20.6 Å². The van der Waals surface area contributed by atoms with Crippen LogP contribution < -0.4 is 0 Å². The fraction of sp³-hybridized carbons (Fsp3) is 0.286. The number of nitrogens with zero attached hydrogens (tertiary/aromatic N) is 3. The predicted octanol–water partition coefficient (Wildman–Crippen LogP) is 3.88. The molecule has 1 N–H and O–H groups in total. The molecule has 1 aromatic heterocycles. The first-order chi connectivity index (χ1) is 13.3. The molecule has 0 fully saturated rings. The van der Waals surface area contributed by atoms with Gasteiger partial charge in [0, 0.05) is 5.56 Å². The molecule has 28 heavy (non-hydrogen) atoms. The molecule has 0 saturated heterocycles. The number of aromatic nitrogens is 4. The quantitative estimate of drug-likeness (QED) is 0.681. The molecule has 0 unspecified atom stereocenters. The molecule has 0 radical (unpaired) electrons. The number of fused-ring (bicyclic) bond motifs is 1. The molecule has 0 amide bonds. The fourth-order valence-corrected chi connectivity index (χ4v) is 5.52. The predicted molar refractivity (Wildman–Crippen MR) is 109 cm³/mol. The highest BCUT2D eigenvalue weighted by molar-refractivity contribution is 7.91. The highest BCUT2D eigenvalue weighted by Crippen LogP contribution is 2.39. The van der Waals surface area contributed by atoms with Crippen molar-refractivity contribution in [3.8, 4) is 11.4 Å². The van der Waals surface area contributed by atoms with Gasteiger partial charge in [-0.15, -0.1) is 10.2 Å². The number of tetrazole rings is 1. The van der Waals surface area contributed by atoms with Crippen LogP contribution in [0.3, 0.4) is 0 Å². The molecular weight excluding hydrogens is 372 g/mol. The summed E-state index contributed by atoms with van der Waals surface area (Å²) in [6, 6.07) is 13.6. The van der Waals surface area contributed by atoms with Crippen LogP contribution in [0.1, 0.15) is 43.9 Å². The first-order valence-corrected chi connectivity index (χ1v) is 10.8. The van der Waals surface area contributed by atoms with Gasteiger partial charge in [0.25, 0.3) is 0 Å². The zero-order chi connectivity index (χ0) is 19.9. The highest BCUT2D eigenvalue weighted by Gasteiger charge is 2.35. The first kappa shape index (κ1) is 18.6. The monoisotopic (exact) mass is 394 g/mol. The van der Waals surface area contributed by atoms with Gasteiger partial charge < -0.3 is 0 Å². The van der Waals surface area contributed by atoms with Gasteiger partial charge in [-0.05, 0) is 58.4 Å². The second-order valence-corrected chi connectivity index (χ2v) is 9.93. The molecule has 2 aromatic carbocycles. The zero-order valence-electron chi connectivity index (χ0n) is 16.1. The Labute approximate surface area is 164 Å². The Morgan fingerprint density at radius 3 is 2.57 bits per heavy atom. The molecule has 7 heteroatoms. The summed E-state index contributed by atoms with van der Waals surface area (Å²) in [5.74, 6) is 0.778. The van der Waals surface area contributed by atoms with E-state index in [4.69, 9.17) is 0 Å². The summed E-state index contributed by atoms with van der Waals surface area (Å²) in [6.45, 7) is 6.26. The lowest BCUT2D eigenvalue weighted by atomic mass is 9.81. The van der Waals surface area contributed by atoms with E-state index in [2.05, 4.69) is 40.5 Å². The Balaban J connectivity index is 1.67. The zero-order valence-corrected chi connectivity index (χ0v) is 16.9. The summed E-state index contributed by atoms with van der Waals surface area (Å²) in [4.78, 5) is 0.475. The van der Waals surface area contributed by atoms with Crippen LogP contribution in [0.15, 0.2) is 47.4 Å². The molecule has 0 atom stereocenters. The van der Waals surface area contributed by atoms with E-state index in [9.17, 15) is 8.42 Å². The van der Waals surface area contributed by atoms with E-state index in [1.807, 2.05) is 43.3 Å². The maximum absolute atomic E-state index is 12.4. The number of sulfone groups is 1. The first-order valence-electron chi connectivity index (χ1n) is 9.16. The van der Waals surface area contributed by atoms with E-state index in [0.29, 0.717) is 17.1 Å². The van der Waals surface area contributed by atoms with Crippen molar-refractivity contribution < 1.29 is 8.42 Å². The van der Waals surface area contributed by atoms with E-state index in [-0.39, 0.29) is 11.2 Å². The molecule has 144 valence electrons. The van der Waals surface area contributed by atoms with Crippen LogP contribution in [0.5, 0.6) is 0 Å². The number of aromatic amines is 1. The minimum absolute atomic E-state index is 0.148. The lowest BCUT2D eigenvalue weighted by molar-refractivity contribution is 0.473. The third-order valence-electron chi connectivity index (χ3n) is 5.39. The smallest absolute Gasteiger partial charge is 0.204 e. The van der Waals surface area contributed by atoms with Gasteiger partial charge in [0.15, 0.2) is 9.84 Å². The van der Waals surface area contributed by atoms with E-state index in [0.717, 1.165) is 27.8 Å². The van der Waals surface area contributed by atoms with E-state index in [1.54, 1.807) is 6.07 Å². The lowest BCUT2D eigenvalue weighted by Gasteiger charge is -2.32. The Kier molecular flexibility index (Phi) is 4.42. The Hall–Kier alpha value is -2.80. The molecule has 1 aliphatic heterocycles. The van der Waals surface area contributed by atoms with Gasteiger partial charge in [-0.1, -0.05) is 50.3 Å². The molecule has 0 aliphatic carbocycles. The van der Waals surface area contributed by atoms with Gasteiger partial charge in [0.05, 0.1) is 10.6 Å². The standard InChI is InChI=1S/C21H22N4O2S/c1-14(16-5-7-17(8-6-16)20-22-24-25-23-20)12-15-4-9-19-18(13-15)21(2,3)10-11-28(19,26)27/h4-9,12-13H,10-11H2,1-3H3,(H,22,23,24,25).